The van der Waals surface area contributed by atoms with E-state index in [0.29, 0.717) is 11.6 Å². The highest BCUT2D eigenvalue weighted by Gasteiger charge is 2.10. The monoisotopic (exact) mass is 209 g/mol. The van der Waals surface area contributed by atoms with Gasteiger partial charge < -0.3 is 5.32 Å². The van der Waals surface area contributed by atoms with E-state index in [1.165, 1.54) is 6.07 Å². The number of H-pyrrole nitrogens is 1. The van der Waals surface area contributed by atoms with Crippen molar-refractivity contribution in [1.82, 2.24) is 30.6 Å². The van der Waals surface area contributed by atoms with Crippen molar-refractivity contribution in [3.8, 4) is 0 Å². The number of nitrogens with one attached hydrogen (secondary N) is 2. The molecule has 0 saturated carbocycles. The van der Waals surface area contributed by atoms with E-state index >= 15 is 0 Å². The fourth-order valence-corrected chi connectivity index (χ4v) is 1.05. The Kier molecular flexibility index (Phi) is 2.48. The minimum atomic E-state index is -0.590. The number of halogens is 1. The third-order valence-corrected chi connectivity index (χ3v) is 1.75. The maximum absolute atomic E-state index is 12.7. The molecule has 0 aliphatic rings. The lowest BCUT2D eigenvalue weighted by Crippen LogP contribution is -2.10. The Balaban J connectivity index is 2.09. The minimum absolute atomic E-state index is 0.210. The predicted molar refractivity (Wildman–Crippen MR) is 48.2 cm³/mol. The summed E-state index contributed by atoms with van der Waals surface area (Å²) in [5.74, 6) is 0.265. The highest BCUT2D eigenvalue weighted by atomic mass is 19.1. The third-order valence-electron chi connectivity index (χ3n) is 1.75. The number of hydrogen-bond donors (Lipinski definition) is 2. The molecule has 0 spiro atoms. The number of anilines is 1. The van der Waals surface area contributed by atoms with Gasteiger partial charge in [-0.25, -0.2) is 9.97 Å². The smallest absolute Gasteiger partial charge is 0.217 e. The van der Waals surface area contributed by atoms with Gasteiger partial charge in [-0.15, -0.1) is 10.2 Å². The summed E-state index contributed by atoms with van der Waals surface area (Å²) < 4.78 is 12.7. The van der Waals surface area contributed by atoms with Gasteiger partial charge in [0.1, 0.15) is 12.1 Å². The van der Waals surface area contributed by atoms with Crippen molar-refractivity contribution in [2.24, 2.45) is 0 Å². The van der Waals surface area contributed by atoms with Crippen LogP contribution in [0.1, 0.15) is 18.8 Å². The van der Waals surface area contributed by atoms with Crippen LogP contribution in [0, 0.1) is 5.95 Å². The maximum atomic E-state index is 12.7. The van der Waals surface area contributed by atoms with E-state index in [1.807, 2.05) is 6.92 Å². The molecule has 7 nitrogen and oxygen atoms in total. The summed E-state index contributed by atoms with van der Waals surface area (Å²) in [5.41, 5.74) is 0. The molecule has 8 heteroatoms. The average molecular weight is 209 g/mol. The summed E-state index contributed by atoms with van der Waals surface area (Å²) in [4.78, 5) is 7.18. The Morgan fingerprint density at radius 2 is 2.33 bits per heavy atom. The Morgan fingerprint density at radius 1 is 1.47 bits per heavy atom. The second-order valence-electron chi connectivity index (χ2n) is 2.86. The van der Waals surface area contributed by atoms with Crippen LogP contribution in [0.3, 0.4) is 0 Å². The predicted octanol–water partition coefficient (Wildman–Crippen LogP) is 0.302. The van der Waals surface area contributed by atoms with Crippen molar-refractivity contribution in [2.45, 2.75) is 13.0 Å². The van der Waals surface area contributed by atoms with Crippen molar-refractivity contribution >= 4 is 5.82 Å². The van der Waals surface area contributed by atoms with E-state index in [9.17, 15) is 4.39 Å². The van der Waals surface area contributed by atoms with Crippen molar-refractivity contribution in [2.75, 3.05) is 5.32 Å². The Hall–Kier alpha value is -2.12. The number of hydrogen-bond acceptors (Lipinski definition) is 6. The second-order valence-corrected chi connectivity index (χ2v) is 2.86. The molecule has 0 aliphatic carbocycles. The molecule has 0 bridgehead atoms. The highest BCUT2D eigenvalue weighted by Crippen LogP contribution is 2.12. The molecule has 0 fully saturated rings. The van der Waals surface area contributed by atoms with E-state index < -0.39 is 5.95 Å². The van der Waals surface area contributed by atoms with Crippen molar-refractivity contribution < 1.29 is 4.39 Å². The molecule has 15 heavy (non-hydrogen) atoms. The van der Waals surface area contributed by atoms with Crippen molar-refractivity contribution in [3.05, 3.63) is 24.2 Å². The van der Waals surface area contributed by atoms with Gasteiger partial charge in [0.05, 0.1) is 6.04 Å². The molecule has 0 amide bonds. The minimum Gasteiger partial charge on any atom is -0.360 e. The van der Waals surface area contributed by atoms with Gasteiger partial charge in [0.2, 0.25) is 5.95 Å². The van der Waals surface area contributed by atoms with Gasteiger partial charge in [-0.3, -0.25) is 0 Å². The van der Waals surface area contributed by atoms with Crippen LogP contribution in [0.5, 0.6) is 0 Å². The molecule has 2 heterocycles. The second kappa shape index (κ2) is 3.95. The lowest BCUT2D eigenvalue weighted by Gasteiger charge is -2.09. The Bertz CT molecular complexity index is 429. The van der Waals surface area contributed by atoms with Crippen LogP contribution in [-0.2, 0) is 0 Å². The van der Waals surface area contributed by atoms with E-state index in [4.69, 9.17) is 0 Å². The van der Waals surface area contributed by atoms with E-state index in [-0.39, 0.29) is 6.04 Å². The first kappa shape index (κ1) is 9.44. The van der Waals surface area contributed by atoms with E-state index in [0.717, 1.165) is 6.33 Å². The lowest BCUT2D eigenvalue weighted by molar-refractivity contribution is 0.579. The molecular formula is C7H8FN7. The maximum Gasteiger partial charge on any atom is 0.217 e. The number of aromatic nitrogens is 6. The average Bonchev–Trinajstić information content (AvgIpc) is 2.70. The van der Waals surface area contributed by atoms with Gasteiger partial charge in [-0.1, -0.05) is 5.21 Å². The molecular weight excluding hydrogens is 201 g/mol. The lowest BCUT2D eigenvalue weighted by atomic mass is 10.3. The summed E-state index contributed by atoms with van der Waals surface area (Å²) in [6.07, 6.45) is 1.14. The summed E-state index contributed by atoms with van der Waals surface area (Å²) in [5, 5.41) is 16.2. The largest absolute Gasteiger partial charge is 0.360 e. The number of aromatic amines is 1. The molecule has 2 N–H and O–H groups in total. The van der Waals surface area contributed by atoms with E-state index in [1.54, 1.807) is 0 Å². The molecule has 0 radical (unpaired) electrons. The van der Waals surface area contributed by atoms with Crippen LogP contribution in [0.15, 0.2) is 12.4 Å². The molecule has 0 aromatic carbocycles. The first-order chi connectivity index (χ1) is 7.25. The zero-order valence-corrected chi connectivity index (χ0v) is 7.85. The summed E-state index contributed by atoms with van der Waals surface area (Å²) in [7, 11) is 0. The first-order valence-corrected chi connectivity index (χ1v) is 4.23. The van der Waals surface area contributed by atoms with Gasteiger partial charge in [0, 0.05) is 6.07 Å². The van der Waals surface area contributed by atoms with Crippen LogP contribution in [0.4, 0.5) is 10.2 Å². The van der Waals surface area contributed by atoms with Crippen LogP contribution in [0.25, 0.3) is 0 Å². The van der Waals surface area contributed by atoms with Crippen LogP contribution in [0.2, 0.25) is 0 Å². The number of rotatable bonds is 3. The highest BCUT2D eigenvalue weighted by molar-refractivity contribution is 5.34. The number of tetrazole rings is 1. The zero-order chi connectivity index (χ0) is 10.7. The normalized spacial score (nSPS) is 12.4. The molecule has 2 rings (SSSR count). The molecule has 1 unspecified atom stereocenters. The Morgan fingerprint density at radius 3 is 3.00 bits per heavy atom. The molecule has 2 aromatic heterocycles. The van der Waals surface area contributed by atoms with Crippen molar-refractivity contribution in [3.63, 3.8) is 0 Å². The fraction of sp³-hybridized carbons (Fsp3) is 0.286. The van der Waals surface area contributed by atoms with Gasteiger partial charge in [-0.2, -0.15) is 9.60 Å². The number of nitrogens with zero attached hydrogens (tertiary/aromatic N) is 5. The zero-order valence-electron chi connectivity index (χ0n) is 7.85. The van der Waals surface area contributed by atoms with Gasteiger partial charge in [0.15, 0.2) is 5.82 Å². The van der Waals surface area contributed by atoms with Crippen LogP contribution < -0.4 is 5.32 Å². The summed E-state index contributed by atoms with van der Waals surface area (Å²) >= 11 is 0. The molecule has 2 aromatic rings. The molecule has 78 valence electrons. The molecule has 1 atom stereocenters. The topological polar surface area (TPSA) is 92.3 Å². The molecule has 0 aliphatic heterocycles. The van der Waals surface area contributed by atoms with E-state index in [2.05, 4.69) is 35.9 Å². The fourth-order valence-electron chi connectivity index (χ4n) is 1.05. The van der Waals surface area contributed by atoms with Gasteiger partial charge in [-0.05, 0) is 6.92 Å². The van der Waals surface area contributed by atoms with Crippen LogP contribution in [-0.4, -0.2) is 30.6 Å². The van der Waals surface area contributed by atoms with Crippen LogP contribution >= 0.6 is 0 Å². The standard InChI is InChI=1S/C7H8FN7/c1-4(7-12-14-15-13-7)11-6-2-5(8)9-3-10-6/h2-4H,1H3,(H,9,10,11)(H,12,13,14,15). The summed E-state index contributed by atoms with van der Waals surface area (Å²) in [6, 6.07) is 0.981. The third kappa shape index (κ3) is 2.22. The summed E-state index contributed by atoms with van der Waals surface area (Å²) in [6.45, 7) is 1.81. The van der Waals surface area contributed by atoms with Gasteiger partial charge >= 0.3 is 0 Å². The molecule has 0 saturated heterocycles. The van der Waals surface area contributed by atoms with Crippen molar-refractivity contribution in [1.29, 1.82) is 0 Å². The first-order valence-electron chi connectivity index (χ1n) is 4.23. The van der Waals surface area contributed by atoms with Gasteiger partial charge in [0.25, 0.3) is 0 Å². The quantitative estimate of drug-likeness (QED) is 0.706. The SMILES string of the molecule is CC(Nc1cc(F)ncn1)c1nn[nH]n1. The Labute approximate surface area is 84.1 Å².